The summed E-state index contributed by atoms with van der Waals surface area (Å²) in [5, 5.41) is 0. The molecule has 3 heteroatoms. The van der Waals surface area contributed by atoms with Crippen LogP contribution in [0.15, 0.2) is 0 Å². The summed E-state index contributed by atoms with van der Waals surface area (Å²) in [4.78, 5) is 10.7. The van der Waals surface area contributed by atoms with Gasteiger partial charge in [-0.1, -0.05) is 22.4 Å². The highest BCUT2D eigenvalue weighted by atomic mass is 79.9. The zero-order chi connectivity index (χ0) is 7.98. The van der Waals surface area contributed by atoms with Crippen LogP contribution in [0.3, 0.4) is 0 Å². The lowest BCUT2D eigenvalue weighted by atomic mass is 10.1. The average molecular weight is 228 g/mol. The van der Waals surface area contributed by atoms with Crippen LogP contribution in [0.5, 0.6) is 0 Å². The molecule has 0 aromatic rings. The second kappa shape index (κ2) is 6.17. The van der Waals surface area contributed by atoms with Crippen molar-refractivity contribution in [1.29, 1.82) is 0 Å². The van der Waals surface area contributed by atoms with Gasteiger partial charge in [0.2, 0.25) is 0 Å². The molecule has 0 radical (unpaired) electrons. The van der Waals surface area contributed by atoms with Gasteiger partial charge in [0, 0.05) is 5.88 Å². The van der Waals surface area contributed by atoms with E-state index >= 15 is 0 Å². The monoisotopic (exact) mass is 226 g/mol. The minimum atomic E-state index is 0.0377. The van der Waals surface area contributed by atoms with Crippen LogP contribution < -0.4 is 0 Å². The van der Waals surface area contributed by atoms with E-state index in [4.69, 9.17) is 11.6 Å². The van der Waals surface area contributed by atoms with Crippen molar-refractivity contribution in [2.24, 2.45) is 0 Å². The van der Waals surface area contributed by atoms with Crippen molar-refractivity contribution in [2.75, 3.05) is 5.88 Å². The van der Waals surface area contributed by atoms with Crippen LogP contribution in [0.4, 0.5) is 0 Å². The van der Waals surface area contributed by atoms with Gasteiger partial charge in [-0.25, -0.2) is 0 Å². The highest BCUT2D eigenvalue weighted by Gasteiger charge is 2.07. The van der Waals surface area contributed by atoms with Gasteiger partial charge < -0.3 is 0 Å². The number of unbranched alkanes of at least 4 members (excludes halogenated alkanes) is 1. The van der Waals surface area contributed by atoms with E-state index in [0.717, 1.165) is 19.3 Å². The molecule has 0 aromatic carbocycles. The highest BCUT2D eigenvalue weighted by molar-refractivity contribution is 9.10. The fraction of sp³-hybridized carbons (Fsp3) is 0.857. The van der Waals surface area contributed by atoms with Crippen molar-refractivity contribution in [1.82, 2.24) is 0 Å². The van der Waals surface area contributed by atoms with Crippen molar-refractivity contribution >= 4 is 33.3 Å². The fourth-order valence-corrected chi connectivity index (χ4v) is 1.13. The first kappa shape index (κ1) is 10.4. The highest BCUT2D eigenvalue weighted by Crippen LogP contribution is 2.10. The van der Waals surface area contributed by atoms with Gasteiger partial charge in [-0.15, -0.1) is 11.6 Å². The third-order valence-corrected chi connectivity index (χ3v) is 2.65. The second-order valence-electron chi connectivity index (χ2n) is 2.26. The number of Topliss-reactive ketones (excluding diaryl/α,β-unsaturated/α-hetero) is 1. The van der Waals surface area contributed by atoms with Crippen LogP contribution in [-0.4, -0.2) is 16.5 Å². The molecule has 0 amide bonds. The van der Waals surface area contributed by atoms with Crippen LogP contribution in [0.1, 0.15) is 26.2 Å². The molecule has 0 saturated carbocycles. The van der Waals surface area contributed by atoms with E-state index in [0.29, 0.717) is 5.88 Å². The SMILES string of the molecule is CC(=O)C(Br)CCCCCl. The summed E-state index contributed by atoms with van der Waals surface area (Å²) in [5.41, 5.74) is 0. The van der Waals surface area contributed by atoms with Crippen LogP contribution in [0, 0.1) is 0 Å². The first-order chi connectivity index (χ1) is 4.68. The lowest BCUT2D eigenvalue weighted by Gasteiger charge is -2.02. The standard InChI is InChI=1S/C7H12BrClO/c1-6(10)7(8)4-2-3-5-9/h7H,2-5H2,1H3. The Hall–Kier alpha value is 0.440. The summed E-state index contributed by atoms with van der Waals surface area (Å²) in [6.45, 7) is 1.60. The van der Waals surface area contributed by atoms with E-state index in [1.165, 1.54) is 0 Å². The fourth-order valence-electron chi connectivity index (χ4n) is 0.621. The molecule has 1 nitrogen and oxygen atoms in total. The van der Waals surface area contributed by atoms with Gasteiger partial charge >= 0.3 is 0 Å². The van der Waals surface area contributed by atoms with Crippen molar-refractivity contribution in [3.05, 3.63) is 0 Å². The number of alkyl halides is 2. The molecule has 1 atom stereocenters. The minimum Gasteiger partial charge on any atom is -0.299 e. The Labute approximate surface area is 75.3 Å². The zero-order valence-electron chi connectivity index (χ0n) is 6.07. The first-order valence-electron chi connectivity index (χ1n) is 3.39. The molecule has 0 N–H and O–H groups in total. The Balaban J connectivity index is 3.21. The summed E-state index contributed by atoms with van der Waals surface area (Å²) < 4.78 is 0. The number of hydrogen-bond donors (Lipinski definition) is 0. The predicted octanol–water partition coefficient (Wildman–Crippen LogP) is 2.75. The predicted molar refractivity (Wildman–Crippen MR) is 48.0 cm³/mol. The Morgan fingerprint density at radius 3 is 2.60 bits per heavy atom. The zero-order valence-corrected chi connectivity index (χ0v) is 8.41. The summed E-state index contributed by atoms with van der Waals surface area (Å²) >= 11 is 8.74. The molecule has 0 aliphatic heterocycles. The van der Waals surface area contributed by atoms with E-state index in [1.54, 1.807) is 6.92 Å². The largest absolute Gasteiger partial charge is 0.299 e. The van der Waals surface area contributed by atoms with Crippen LogP contribution in [-0.2, 0) is 4.79 Å². The van der Waals surface area contributed by atoms with E-state index < -0.39 is 0 Å². The molecule has 0 aliphatic rings. The van der Waals surface area contributed by atoms with Crippen molar-refractivity contribution in [3.8, 4) is 0 Å². The normalized spacial score (nSPS) is 13.1. The Kier molecular flexibility index (Phi) is 6.44. The van der Waals surface area contributed by atoms with Gasteiger partial charge in [-0.05, 0) is 19.8 Å². The van der Waals surface area contributed by atoms with Crippen LogP contribution in [0.2, 0.25) is 0 Å². The maximum absolute atomic E-state index is 10.7. The number of halogens is 2. The first-order valence-corrected chi connectivity index (χ1v) is 4.84. The molecule has 0 aromatic heterocycles. The average Bonchev–Trinajstić information content (AvgIpc) is 1.88. The third-order valence-electron chi connectivity index (χ3n) is 1.28. The Bertz CT molecular complexity index is 106. The van der Waals surface area contributed by atoms with Gasteiger partial charge in [0.25, 0.3) is 0 Å². The molecule has 0 aliphatic carbocycles. The number of carbonyl (C=O) groups is 1. The summed E-state index contributed by atoms with van der Waals surface area (Å²) in [7, 11) is 0. The molecular formula is C7H12BrClO. The summed E-state index contributed by atoms with van der Waals surface area (Å²) in [5.74, 6) is 0.895. The lowest BCUT2D eigenvalue weighted by Crippen LogP contribution is -2.08. The van der Waals surface area contributed by atoms with Crippen molar-refractivity contribution < 1.29 is 4.79 Å². The molecule has 0 spiro atoms. The molecule has 0 saturated heterocycles. The maximum atomic E-state index is 10.7. The van der Waals surface area contributed by atoms with Gasteiger partial charge in [-0.3, -0.25) is 4.79 Å². The van der Waals surface area contributed by atoms with Gasteiger partial charge in [0.1, 0.15) is 5.78 Å². The lowest BCUT2D eigenvalue weighted by molar-refractivity contribution is -0.116. The molecule has 60 valence electrons. The van der Waals surface area contributed by atoms with E-state index in [9.17, 15) is 4.79 Å². The van der Waals surface area contributed by atoms with Crippen molar-refractivity contribution in [3.63, 3.8) is 0 Å². The number of carbonyl (C=O) groups excluding carboxylic acids is 1. The van der Waals surface area contributed by atoms with E-state index in [1.807, 2.05) is 0 Å². The topological polar surface area (TPSA) is 17.1 Å². The number of rotatable bonds is 5. The molecule has 0 fully saturated rings. The van der Waals surface area contributed by atoms with Crippen LogP contribution in [0.25, 0.3) is 0 Å². The molecule has 0 bridgehead atoms. The van der Waals surface area contributed by atoms with E-state index in [-0.39, 0.29) is 10.6 Å². The van der Waals surface area contributed by atoms with E-state index in [2.05, 4.69) is 15.9 Å². The summed E-state index contributed by atoms with van der Waals surface area (Å²) in [6, 6.07) is 0. The van der Waals surface area contributed by atoms with Gasteiger partial charge in [0.15, 0.2) is 0 Å². The second-order valence-corrected chi connectivity index (χ2v) is 3.75. The smallest absolute Gasteiger partial charge is 0.143 e. The quantitative estimate of drug-likeness (QED) is 0.521. The molecule has 0 rings (SSSR count). The minimum absolute atomic E-state index is 0.0377. The Morgan fingerprint density at radius 1 is 1.60 bits per heavy atom. The van der Waals surface area contributed by atoms with Crippen molar-refractivity contribution in [2.45, 2.75) is 31.0 Å². The number of ketones is 1. The molecule has 10 heavy (non-hydrogen) atoms. The maximum Gasteiger partial charge on any atom is 0.143 e. The molecular weight excluding hydrogens is 215 g/mol. The summed E-state index contributed by atoms with van der Waals surface area (Å²) in [6.07, 6.45) is 2.93. The number of hydrogen-bond acceptors (Lipinski definition) is 1. The molecule has 0 heterocycles. The van der Waals surface area contributed by atoms with Crippen LogP contribution >= 0.6 is 27.5 Å². The van der Waals surface area contributed by atoms with Gasteiger partial charge in [-0.2, -0.15) is 0 Å². The van der Waals surface area contributed by atoms with Gasteiger partial charge in [0.05, 0.1) is 4.83 Å². The molecule has 1 unspecified atom stereocenters. The third kappa shape index (κ3) is 5.24. The Morgan fingerprint density at radius 2 is 2.20 bits per heavy atom.